The maximum Gasteiger partial charge on any atom is 0.191 e. The van der Waals surface area contributed by atoms with Gasteiger partial charge in [-0.1, -0.05) is 25.3 Å². The van der Waals surface area contributed by atoms with Gasteiger partial charge in [0.1, 0.15) is 0 Å². The van der Waals surface area contributed by atoms with Crippen molar-refractivity contribution in [1.82, 2.24) is 4.90 Å². The third-order valence-electron chi connectivity index (χ3n) is 5.69. The molecule has 27 heavy (non-hydrogen) atoms. The summed E-state index contributed by atoms with van der Waals surface area (Å²) in [6.45, 7) is 2.75. The Kier molecular flexibility index (Phi) is 8.85. The lowest BCUT2D eigenvalue weighted by Crippen LogP contribution is -2.43. The Balaban J connectivity index is 0.00000261. The number of benzene rings is 1. The number of hydrogen-bond acceptors (Lipinski definition) is 4. The summed E-state index contributed by atoms with van der Waals surface area (Å²) < 4.78 is 10.9. The van der Waals surface area contributed by atoms with Crippen molar-refractivity contribution in [3.05, 3.63) is 23.8 Å². The topological polar surface area (TPSA) is 60.1 Å². The molecule has 0 atom stereocenters. The zero-order valence-corrected chi connectivity index (χ0v) is 19.6. The fourth-order valence-electron chi connectivity index (χ4n) is 4.06. The summed E-state index contributed by atoms with van der Waals surface area (Å²) in [5.74, 6) is 4.54. The van der Waals surface area contributed by atoms with Crippen molar-refractivity contribution < 1.29 is 9.47 Å². The van der Waals surface area contributed by atoms with E-state index >= 15 is 0 Å². The summed E-state index contributed by atoms with van der Waals surface area (Å²) in [5.41, 5.74) is 7.67. The number of aliphatic imine (C=N–C) groups is 1. The zero-order chi connectivity index (χ0) is 18.4. The monoisotopic (exact) mass is 505 g/mol. The number of ether oxygens (including phenoxy) is 2. The van der Waals surface area contributed by atoms with Gasteiger partial charge in [0.2, 0.25) is 0 Å². The fourth-order valence-corrected chi connectivity index (χ4v) is 4.96. The van der Waals surface area contributed by atoms with Gasteiger partial charge in [-0.05, 0) is 30.5 Å². The van der Waals surface area contributed by atoms with Gasteiger partial charge < -0.3 is 20.1 Å². The Labute approximate surface area is 184 Å². The molecule has 1 aliphatic heterocycles. The highest BCUT2D eigenvalue weighted by molar-refractivity contribution is 14.0. The molecule has 1 aliphatic carbocycles. The maximum atomic E-state index is 6.33. The average molecular weight is 505 g/mol. The molecule has 5 nitrogen and oxygen atoms in total. The molecule has 0 radical (unpaired) electrons. The van der Waals surface area contributed by atoms with E-state index in [4.69, 9.17) is 20.2 Å². The Morgan fingerprint density at radius 2 is 1.78 bits per heavy atom. The van der Waals surface area contributed by atoms with Crippen LogP contribution in [0.1, 0.15) is 37.7 Å². The third kappa shape index (κ3) is 5.37. The molecule has 3 rings (SSSR count). The van der Waals surface area contributed by atoms with E-state index in [1.165, 1.54) is 24.8 Å². The van der Waals surface area contributed by atoms with E-state index in [2.05, 4.69) is 17.0 Å². The molecule has 0 aromatic heterocycles. The normalized spacial score (nSPS) is 19.9. The molecule has 152 valence electrons. The molecular weight excluding hydrogens is 473 g/mol. The van der Waals surface area contributed by atoms with Crippen molar-refractivity contribution >= 4 is 41.7 Å². The van der Waals surface area contributed by atoms with Gasteiger partial charge >= 0.3 is 0 Å². The minimum atomic E-state index is 0. The number of methoxy groups -OCH3 is 2. The van der Waals surface area contributed by atoms with E-state index in [1.807, 2.05) is 17.8 Å². The number of halogens is 1. The molecule has 1 aromatic carbocycles. The van der Waals surface area contributed by atoms with Crippen molar-refractivity contribution in [3.63, 3.8) is 0 Å². The van der Waals surface area contributed by atoms with E-state index < -0.39 is 0 Å². The van der Waals surface area contributed by atoms with Crippen molar-refractivity contribution in [1.29, 1.82) is 0 Å². The first-order valence-corrected chi connectivity index (χ1v) is 10.7. The second kappa shape index (κ2) is 10.6. The van der Waals surface area contributed by atoms with Gasteiger partial charge in [0, 0.05) is 30.0 Å². The highest BCUT2D eigenvalue weighted by atomic mass is 127. The molecule has 0 unspecified atom stereocenters. The Morgan fingerprint density at radius 3 is 2.41 bits per heavy atom. The molecule has 0 amide bonds. The largest absolute Gasteiger partial charge is 0.493 e. The number of thioether (sulfide) groups is 1. The first-order valence-electron chi connectivity index (χ1n) is 9.54. The van der Waals surface area contributed by atoms with Gasteiger partial charge in [0.25, 0.3) is 0 Å². The van der Waals surface area contributed by atoms with Crippen LogP contribution in [0.15, 0.2) is 23.2 Å². The van der Waals surface area contributed by atoms with Crippen LogP contribution >= 0.6 is 35.7 Å². The second-order valence-corrected chi connectivity index (χ2v) is 8.41. The number of nitrogens with zero attached hydrogens (tertiary/aromatic N) is 2. The zero-order valence-electron chi connectivity index (χ0n) is 16.4. The Bertz CT molecular complexity index is 630. The number of hydrogen-bond donors (Lipinski definition) is 1. The van der Waals surface area contributed by atoms with Gasteiger partial charge in [0.05, 0.1) is 20.8 Å². The fraction of sp³-hybridized carbons (Fsp3) is 0.650. The standard InChI is InChI=1S/C20H31N3O2S.HI/c1-24-17-7-6-16(14-18(17)25-2)20(8-4-3-5-9-20)15-22-19(21)23-10-12-26-13-11-23;/h6-7,14H,3-5,8-13,15H2,1-2H3,(H2,21,22);1H. The first kappa shape index (κ1) is 22.5. The summed E-state index contributed by atoms with van der Waals surface area (Å²) in [5, 5.41) is 0. The quantitative estimate of drug-likeness (QED) is 0.374. The SMILES string of the molecule is COc1ccc(C2(CN=C(N)N3CCSCC3)CCCCC2)cc1OC.I. The molecule has 1 saturated heterocycles. The predicted octanol–water partition coefficient (Wildman–Crippen LogP) is 3.89. The lowest BCUT2D eigenvalue weighted by Gasteiger charge is -2.37. The Morgan fingerprint density at radius 1 is 1.11 bits per heavy atom. The minimum Gasteiger partial charge on any atom is -0.493 e. The summed E-state index contributed by atoms with van der Waals surface area (Å²) in [6.07, 6.45) is 6.08. The van der Waals surface area contributed by atoms with E-state index in [9.17, 15) is 0 Å². The summed E-state index contributed by atoms with van der Waals surface area (Å²) in [6, 6.07) is 6.32. The second-order valence-electron chi connectivity index (χ2n) is 7.18. The van der Waals surface area contributed by atoms with Crippen LogP contribution in [0.25, 0.3) is 0 Å². The molecule has 1 heterocycles. The molecule has 0 spiro atoms. The minimum absolute atomic E-state index is 0. The van der Waals surface area contributed by atoms with Crippen LogP contribution in [-0.2, 0) is 5.41 Å². The van der Waals surface area contributed by atoms with Gasteiger partial charge in [0.15, 0.2) is 17.5 Å². The summed E-state index contributed by atoms with van der Waals surface area (Å²) >= 11 is 1.99. The van der Waals surface area contributed by atoms with Crippen LogP contribution in [0.3, 0.4) is 0 Å². The van der Waals surface area contributed by atoms with Crippen LogP contribution in [0.2, 0.25) is 0 Å². The maximum absolute atomic E-state index is 6.33. The van der Waals surface area contributed by atoms with E-state index in [0.29, 0.717) is 5.96 Å². The van der Waals surface area contributed by atoms with Crippen molar-refractivity contribution in [2.24, 2.45) is 10.7 Å². The van der Waals surface area contributed by atoms with Crippen LogP contribution in [0.4, 0.5) is 0 Å². The molecular formula is C20H32IN3O2S. The highest BCUT2D eigenvalue weighted by Gasteiger charge is 2.34. The first-order chi connectivity index (χ1) is 12.7. The van der Waals surface area contributed by atoms with Crippen LogP contribution < -0.4 is 15.2 Å². The third-order valence-corrected chi connectivity index (χ3v) is 6.63. The van der Waals surface area contributed by atoms with Crippen molar-refractivity contribution in [2.75, 3.05) is 45.4 Å². The lowest BCUT2D eigenvalue weighted by molar-refractivity contribution is 0.296. The lowest BCUT2D eigenvalue weighted by atomic mass is 9.69. The number of rotatable bonds is 5. The van der Waals surface area contributed by atoms with Crippen LogP contribution in [0.5, 0.6) is 11.5 Å². The molecule has 2 fully saturated rings. The smallest absolute Gasteiger partial charge is 0.191 e. The predicted molar refractivity (Wildman–Crippen MR) is 125 cm³/mol. The average Bonchev–Trinajstić information content (AvgIpc) is 2.72. The molecule has 2 aliphatic rings. The molecule has 7 heteroatoms. The highest BCUT2D eigenvalue weighted by Crippen LogP contribution is 2.42. The van der Waals surface area contributed by atoms with E-state index in [-0.39, 0.29) is 29.4 Å². The van der Waals surface area contributed by atoms with Gasteiger partial charge in [-0.25, -0.2) is 0 Å². The van der Waals surface area contributed by atoms with Gasteiger partial charge in [-0.15, -0.1) is 24.0 Å². The van der Waals surface area contributed by atoms with Gasteiger partial charge in [-0.3, -0.25) is 4.99 Å². The molecule has 1 aromatic rings. The number of nitrogens with two attached hydrogens (primary N) is 1. The summed E-state index contributed by atoms with van der Waals surface area (Å²) in [4.78, 5) is 7.08. The molecule has 0 bridgehead atoms. The molecule has 2 N–H and O–H groups in total. The van der Waals surface area contributed by atoms with Crippen LogP contribution in [-0.4, -0.2) is 56.2 Å². The summed E-state index contributed by atoms with van der Waals surface area (Å²) in [7, 11) is 3.37. The molecule has 1 saturated carbocycles. The van der Waals surface area contributed by atoms with E-state index in [1.54, 1.807) is 14.2 Å². The number of guanidine groups is 1. The Hall–Kier alpha value is -0.830. The van der Waals surface area contributed by atoms with Crippen molar-refractivity contribution in [3.8, 4) is 11.5 Å². The van der Waals surface area contributed by atoms with E-state index in [0.717, 1.165) is 55.5 Å². The van der Waals surface area contributed by atoms with Crippen LogP contribution in [0, 0.1) is 0 Å². The van der Waals surface area contributed by atoms with Crippen molar-refractivity contribution in [2.45, 2.75) is 37.5 Å². The van der Waals surface area contributed by atoms with Gasteiger partial charge in [-0.2, -0.15) is 11.8 Å².